The summed E-state index contributed by atoms with van der Waals surface area (Å²) in [6.45, 7) is 2.30. The van der Waals surface area contributed by atoms with Gasteiger partial charge in [0.25, 0.3) is 5.91 Å². The molecule has 146 valence electrons. The zero-order valence-corrected chi connectivity index (χ0v) is 15.5. The van der Waals surface area contributed by atoms with E-state index in [1.165, 1.54) is 19.1 Å². The second-order valence-corrected chi connectivity index (χ2v) is 6.59. The summed E-state index contributed by atoms with van der Waals surface area (Å²) >= 11 is 0. The van der Waals surface area contributed by atoms with E-state index < -0.39 is 18.0 Å². The van der Waals surface area contributed by atoms with Gasteiger partial charge in [0.05, 0.1) is 5.56 Å². The molecule has 1 fully saturated rings. The molecule has 1 atom stereocenters. The Kier molecular flexibility index (Phi) is 6.03. The summed E-state index contributed by atoms with van der Waals surface area (Å²) in [4.78, 5) is 38.0. The fourth-order valence-corrected chi connectivity index (χ4v) is 2.94. The van der Waals surface area contributed by atoms with Crippen molar-refractivity contribution in [3.8, 4) is 0 Å². The molecule has 0 spiro atoms. The minimum Gasteiger partial charge on any atom is -0.449 e. The van der Waals surface area contributed by atoms with Crippen molar-refractivity contribution >= 4 is 23.5 Å². The molecule has 1 aliphatic rings. The molecule has 0 aliphatic carbocycles. The summed E-state index contributed by atoms with van der Waals surface area (Å²) in [7, 11) is 0. The molecular weight excluding hydrogens is 363 g/mol. The Morgan fingerprint density at radius 1 is 1.21 bits per heavy atom. The zero-order chi connectivity index (χ0) is 20.1. The highest BCUT2D eigenvalue weighted by Crippen LogP contribution is 2.22. The Balaban J connectivity index is 1.56. The lowest BCUT2D eigenvalue weighted by Gasteiger charge is -2.17. The van der Waals surface area contributed by atoms with Crippen LogP contribution in [0.3, 0.4) is 0 Å². The Hall–Kier alpha value is -3.22. The largest absolute Gasteiger partial charge is 0.449 e. The SMILES string of the molecule is C[C@@H](OC(=O)c1cccc(N2CCCC2=O)c1)C(=O)NCc1ccc(F)cc1. The summed E-state index contributed by atoms with van der Waals surface area (Å²) in [6.07, 6.45) is 0.295. The van der Waals surface area contributed by atoms with Gasteiger partial charge in [-0.15, -0.1) is 0 Å². The molecule has 0 aromatic heterocycles. The van der Waals surface area contributed by atoms with Crippen molar-refractivity contribution in [1.82, 2.24) is 5.32 Å². The summed E-state index contributed by atoms with van der Waals surface area (Å²) < 4.78 is 18.1. The summed E-state index contributed by atoms with van der Waals surface area (Å²) in [5, 5.41) is 2.65. The van der Waals surface area contributed by atoms with Crippen LogP contribution in [0.2, 0.25) is 0 Å². The minimum absolute atomic E-state index is 0.0269. The average molecular weight is 384 g/mol. The van der Waals surface area contributed by atoms with E-state index in [9.17, 15) is 18.8 Å². The van der Waals surface area contributed by atoms with Crippen LogP contribution < -0.4 is 10.2 Å². The van der Waals surface area contributed by atoms with Gasteiger partial charge in [-0.25, -0.2) is 9.18 Å². The van der Waals surface area contributed by atoms with Crippen molar-refractivity contribution in [3.63, 3.8) is 0 Å². The Labute approximate surface area is 162 Å². The van der Waals surface area contributed by atoms with E-state index in [2.05, 4.69) is 5.32 Å². The van der Waals surface area contributed by atoms with Gasteiger partial charge in [0.15, 0.2) is 6.10 Å². The molecule has 0 radical (unpaired) electrons. The van der Waals surface area contributed by atoms with Gasteiger partial charge < -0.3 is 15.0 Å². The number of rotatable bonds is 6. The van der Waals surface area contributed by atoms with Crippen molar-refractivity contribution in [1.29, 1.82) is 0 Å². The van der Waals surface area contributed by atoms with E-state index in [4.69, 9.17) is 4.74 Å². The van der Waals surface area contributed by atoms with E-state index in [0.717, 1.165) is 12.0 Å². The van der Waals surface area contributed by atoms with Crippen LogP contribution >= 0.6 is 0 Å². The van der Waals surface area contributed by atoms with Crippen LogP contribution in [0, 0.1) is 5.82 Å². The lowest BCUT2D eigenvalue weighted by atomic mass is 10.2. The highest BCUT2D eigenvalue weighted by Gasteiger charge is 2.23. The lowest BCUT2D eigenvalue weighted by molar-refractivity contribution is -0.129. The normalized spacial score (nSPS) is 14.6. The number of carbonyl (C=O) groups is 3. The second kappa shape index (κ2) is 8.65. The number of halogens is 1. The van der Waals surface area contributed by atoms with Crippen molar-refractivity contribution in [2.24, 2.45) is 0 Å². The van der Waals surface area contributed by atoms with Gasteiger partial charge in [-0.1, -0.05) is 18.2 Å². The third kappa shape index (κ3) is 4.73. The quantitative estimate of drug-likeness (QED) is 0.777. The van der Waals surface area contributed by atoms with Gasteiger partial charge in [-0.2, -0.15) is 0 Å². The smallest absolute Gasteiger partial charge is 0.338 e. The van der Waals surface area contributed by atoms with E-state index in [-0.39, 0.29) is 23.8 Å². The number of amides is 2. The first-order valence-electron chi connectivity index (χ1n) is 9.07. The topological polar surface area (TPSA) is 75.7 Å². The number of nitrogens with one attached hydrogen (secondary N) is 1. The number of benzene rings is 2. The number of carbonyl (C=O) groups excluding carboxylic acids is 3. The summed E-state index contributed by atoms with van der Waals surface area (Å²) in [5.41, 5.74) is 1.65. The Bertz CT molecular complexity index is 882. The van der Waals surface area contributed by atoms with Crippen LogP contribution in [0.1, 0.15) is 35.7 Å². The first-order valence-corrected chi connectivity index (χ1v) is 9.07. The van der Waals surface area contributed by atoms with Crippen LogP contribution in [0.5, 0.6) is 0 Å². The second-order valence-electron chi connectivity index (χ2n) is 6.59. The predicted octanol–water partition coefficient (Wildman–Crippen LogP) is 2.81. The molecular formula is C21H21FN2O4. The number of nitrogens with zero attached hydrogens (tertiary/aromatic N) is 1. The van der Waals surface area contributed by atoms with E-state index in [1.807, 2.05) is 0 Å². The fourth-order valence-electron chi connectivity index (χ4n) is 2.94. The van der Waals surface area contributed by atoms with Crippen molar-refractivity contribution in [2.75, 3.05) is 11.4 Å². The predicted molar refractivity (Wildman–Crippen MR) is 101 cm³/mol. The van der Waals surface area contributed by atoms with Crippen molar-refractivity contribution in [3.05, 3.63) is 65.5 Å². The van der Waals surface area contributed by atoms with Gasteiger partial charge in [-0.05, 0) is 49.2 Å². The number of hydrogen-bond acceptors (Lipinski definition) is 4. The highest BCUT2D eigenvalue weighted by atomic mass is 19.1. The maximum atomic E-state index is 12.9. The monoisotopic (exact) mass is 384 g/mol. The third-order valence-corrected chi connectivity index (χ3v) is 4.50. The van der Waals surface area contributed by atoms with Crippen LogP contribution in [0.15, 0.2) is 48.5 Å². The molecule has 1 N–H and O–H groups in total. The number of esters is 1. The first kappa shape index (κ1) is 19.5. The molecule has 2 amide bonds. The van der Waals surface area contributed by atoms with Gasteiger partial charge in [-0.3, -0.25) is 9.59 Å². The van der Waals surface area contributed by atoms with Crippen molar-refractivity contribution in [2.45, 2.75) is 32.4 Å². The van der Waals surface area contributed by atoms with Gasteiger partial charge >= 0.3 is 5.97 Å². The van der Waals surface area contributed by atoms with Gasteiger partial charge in [0.1, 0.15) is 5.82 Å². The fraction of sp³-hybridized carbons (Fsp3) is 0.286. The molecule has 1 aliphatic heterocycles. The lowest BCUT2D eigenvalue weighted by Crippen LogP contribution is -2.35. The van der Waals surface area contributed by atoms with Gasteiger partial charge in [0, 0.05) is 25.2 Å². The molecule has 0 saturated carbocycles. The number of anilines is 1. The van der Waals surface area contributed by atoms with Crippen LogP contribution in [-0.2, 0) is 20.9 Å². The van der Waals surface area contributed by atoms with Crippen LogP contribution in [0.4, 0.5) is 10.1 Å². The van der Waals surface area contributed by atoms with E-state index in [1.54, 1.807) is 41.3 Å². The first-order chi connectivity index (χ1) is 13.4. The molecule has 0 unspecified atom stereocenters. The third-order valence-electron chi connectivity index (χ3n) is 4.50. The molecule has 1 saturated heterocycles. The molecule has 0 bridgehead atoms. The molecule has 2 aromatic rings. The standard InChI is InChI=1S/C21H21FN2O4/c1-14(20(26)23-13-15-7-9-17(22)10-8-15)28-21(27)16-4-2-5-18(12-16)24-11-3-6-19(24)25/h2,4-5,7-10,12,14H,3,6,11,13H2,1H3,(H,23,26)/t14-/m1/s1. The maximum absolute atomic E-state index is 12.9. The van der Waals surface area contributed by atoms with E-state index in [0.29, 0.717) is 18.7 Å². The van der Waals surface area contributed by atoms with Gasteiger partial charge in [0.2, 0.25) is 5.91 Å². The number of ether oxygens (including phenoxy) is 1. The highest BCUT2D eigenvalue weighted by molar-refractivity contribution is 5.98. The van der Waals surface area contributed by atoms with Crippen LogP contribution in [-0.4, -0.2) is 30.4 Å². The molecule has 6 nitrogen and oxygen atoms in total. The number of hydrogen-bond donors (Lipinski definition) is 1. The molecule has 7 heteroatoms. The Morgan fingerprint density at radius 2 is 1.96 bits per heavy atom. The Morgan fingerprint density at radius 3 is 2.64 bits per heavy atom. The average Bonchev–Trinajstić information content (AvgIpc) is 3.13. The summed E-state index contributed by atoms with van der Waals surface area (Å²) in [5.74, 6) is -1.42. The minimum atomic E-state index is -0.995. The maximum Gasteiger partial charge on any atom is 0.338 e. The van der Waals surface area contributed by atoms with E-state index >= 15 is 0 Å². The summed E-state index contributed by atoms with van der Waals surface area (Å²) in [6, 6.07) is 12.4. The molecule has 2 aromatic carbocycles. The van der Waals surface area contributed by atoms with Crippen LogP contribution in [0.25, 0.3) is 0 Å². The molecule has 28 heavy (non-hydrogen) atoms. The molecule has 1 heterocycles. The van der Waals surface area contributed by atoms with Crippen molar-refractivity contribution < 1.29 is 23.5 Å². The zero-order valence-electron chi connectivity index (χ0n) is 15.5. The molecule has 3 rings (SSSR count).